The summed E-state index contributed by atoms with van der Waals surface area (Å²) in [5.74, 6) is 0.836. The molecule has 0 saturated carbocycles. The van der Waals surface area contributed by atoms with Crippen LogP contribution < -0.4 is 5.32 Å². The van der Waals surface area contributed by atoms with E-state index in [0.29, 0.717) is 0 Å². The fourth-order valence-electron chi connectivity index (χ4n) is 1.89. The van der Waals surface area contributed by atoms with Gasteiger partial charge in [-0.05, 0) is 46.2 Å². The number of piperidine rings is 1. The third-order valence-electron chi connectivity index (χ3n) is 3.01. The lowest BCUT2D eigenvalue weighted by Gasteiger charge is -2.35. The van der Waals surface area contributed by atoms with Crippen LogP contribution in [-0.2, 0) is 0 Å². The highest BCUT2D eigenvalue weighted by Crippen LogP contribution is 2.20. The molecule has 0 radical (unpaired) electrons. The van der Waals surface area contributed by atoms with Crippen molar-refractivity contribution in [3.05, 3.63) is 12.3 Å². The molecule has 0 amide bonds. The van der Waals surface area contributed by atoms with Gasteiger partial charge in [0.05, 0.1) is 0 Å². The largest absolute Gasteiger partial charge is 0.389 e. The van der Waals surface area contributed by atoms with Gasteiger partial charge in [0.25, 0.3) is 0 Å². The van der Waals surface area contributed by atoms with E-state index in [9.17, 15) is 0 Å². The summed E-state index contributed by atoms with van der Waals surface area (Å²) in [7, 11) is 2.22. The van der Waals surface area contributed by atoms with Crippen molar-refractivity contribution < 1.29 is 0 Å². The van der Waals surface area contributed by atoms with Gasteiger partial charge in [-0.2, -0.15) is 0 Å². The van der Waals surface area contributed by atoms with Crippen LogP contribution in [0.4, 0.5) is 0 Å². The Labute approximate surface area is 82.0 Å². The van der Waals surface area contributed by atoms with Crippen molar-refractivity contribution in [3.63, 3.8) is 0 Å². The Morgan fingerprint density at radius 2 is 2.31 bits per heavy atom. The number of nitrogens with zero attached hydrogens (tertiary/aromatic N) is 1. The quantitative estimate of drug-likeness (QED) is 0.716. The van der Waals surface area contributed by atoms with Crippen LogP contribution in [0, 0.1) is 5.92 Å². The maximum Gasteiger partial charge on any atom is 0.0173 e. The molecular formula is C11H22N2. The molecule has 0 bridgehead atoms. The normalized spacial score (nSPS) is 30.1. The molecule has 1 fully saturated rings. The lowest BCUT2D eigenvalue weighted by Crippen LogP contribution is -2.40. The summed E-state index contributed by atoms with van der Waals surface area (Å²) in [6, 6.07) is 0.741. The molecule has 1 rings (SSSR count). The summed E-state index contributed by atoms with van der Waals surface area (Å²) < 4.78 is 0. The number of hydrogen-bond donors (Lipinski definition) is 1. The van der Waals surface area contributed by atoms with E-state index >= 15 is 0 Å². The standard InChI is InChI=1S/C11H22N2/c1-9(2)12-8-11-5-6-13(4)10(3)7-11/h10-12H,1,5-8H2,2-4H3. The summed E-state index contributed by atoms with van der Waals surface area (Å²) >= 11 is 0. The summed E-state index contributed by atoms with van der Waals surface area (Å²) in [6.07, 6.45) is 2.64. The van der Waals surface area contributed by atoms with Crippen molar-refractivity contribution in [1.82, 2.24) is 10.2 Å². The molecule has 0 aromatic heterocycles. The van der Waals surface area contributed by atoms with Crippen molar-refractivity contribution in [2.24, 2.45) is 5.92 Å². The Balaban J connectivity index is 2.25. The van der Waals surface area contributed by atoms with Crippen LogP contribution in [0.1, 0.15) is 26.7 Å². The Hall–Kier alpha value is -0.500. The first-order valence-corrected chi connectivity index (χ1v) is 5.19. The number of allylic oxidation sites excluding steroid dienone is 1. The van der Waals surface area contributed by atoms with Gasteiger partial charge in [-0.1, -0.05) is 6.58 Å². The van der Waals surface area contributed by atoms with Crippen LogP contribution in [0.25, 0.3) is 0 Å². The smallest absolute Gasteiger partial charge is 0.0173 e. The second kappa shape index (κ2) is 4.66. The Morgan fingerprint density at radius 1 is 1.62 bits per heavy atom. The highest BCUT2D eigenvalue weighted by Gasteiger charge is 2.22. The number of likely N-dealkylation sites (tertiary alicyclic amines) is 1. The van der Waals surface area contributed by atoms with Gasteiger partial charge in [-0.3, -0.25) is 0 Å². The van der Waals surface area contributed by atoms with Crippen molar-refractivity contribution in [2.45, 2.75) is 32.7 Å². The second-order valence-electron chi connectivity index (χ2n) is 4.38. The average Bonchev–Trinajstić information content (AvgIpc) is 2.07. The minimum Gasteiger partial charge on any atom is -0.389 e. The summed E-state index contributed by atoms with van der Waals surface area (Å²) in [6.45, 7) is 10.5. The first-order chi connectivity index (χ1) is 6.09. The average molecular weight is 182 g/mol. The van der Waals surface area contributed by atoms with Crippen LogP contribution in [0.5, 0.6) is 0 Å². The summed E-state index contributed by atoms with van der Waals surface area (Å²) in [5, 5.41) is 3.34. The van der Waals surface area contributed by atoms with Crippen molar-refractivity contribution >= 4 is 0 Å². The lowest BCUT2D eigenvalue weighted by atomic mass is 9.92. The first-order valence-electron chi connectivity index (χ1n) is 5.19. The number of rotatable bonds is 3. The zero-order valence-electron chi connectivity index (χ0n) is 9.14. The van der Waals surface area contributed by atoms with Gasteiger partial charge in [0.2, 0.25) is 0 Å². The third kappa shape index (κ3) is 3.39. The Kier molecular flexibility index (Phi) is 3.79. The molecule has 1 N–H and O–H groups in total. The number of nitrogens with one attached hydrogen (secondary N) is 1. The van der Waals surface area contributed by atoms with Gasteiger partial charge in [0, 0.05) is 18.3 Å². The van der Waals surface area contributed by atoms with Crippen molar-refractivity contribution in [3.8, 4) is 0 Å². The molecule has 2 heteroatoms. The van der Waals surface area contributed by atoms with Crippen molar-refractivity contribution in [1.29, 1.82) is 0 Å². The zero-order chi connectivity index (χ0) is 9.84. The van der Waals surface area contributed by atoms with E-state index in [0.717, 1.165) is 24.2 Å². The maximum atomic E-state index is 3.85. The predicted octanol–water partition coefficient (Wildman–Crippen LogP) is 1.84. The molecular weight excluding hydrogens is 160 g/mol. The van der Waals surface area contributed by atoms with Crippen LogP contribution >= 0.6 is 0 Å². The van der Waals surface area contributed by atoms with Gasteiger partial charge in [0.15, 0.2) is 0 Å². The molecule has 2 nitrogen and oxygen atoms in total. The van der Waals surface area contributed by atoms with Crippen LogP contribution in [-0.4, -0.2) is 31.1 Å². The van der Waals surface area contributed by atoms with Crippen LogP contribution in [0.3, 0.4) is 0 Å². The molecule has 0 spiro atoms. The van der Waals surface area contributed by atoms with E-state index in [1.807, 2.05) is 6.92 Å². The van der Waals surface area contributed by atoms with Gasteiger partial charge in [-0.15, -0.1) is 0 Å². The van der Waals surface area contributed by atoms with Gasteiger partial charge in [0.1, 0.15) is 0 Å². The maximum absolute atomic E-state index is 3.85. The third-order valence-corrected chi connectivity index (χ3v) is 3.01. The van der Waals surface area contributed by atoms with Gasteiger partial charge in [-0.25, -0.2) is 0 Å². The predicted molar refractivity (Wildman–Crippen MR) is 57.6 cm³/mol. The molecule has 1 aliphatic rings. The lowest BCUT2D eigenvalue weighted by molar-refractivity contribution is 0.154. The van der Waals surface area contributed by atoms with E-state index in [-0.39, 0.29) is 0 Å². The van der Waals surface area contributed by atoms with E-state index in [2.05, 4.69) is 30.8 Å². The highest BCUT2D eigenvalue weighted by atomic mass is 15.1. The van der Waals surface area contributed by atoms with Crippen LogP contribution in [0.2, 0.25) is 0 Å². The van der Waals surface area contributed by atoms with E-state index in [1.54, 1.807) is 0 Å². The Bertz CT molecular complexity index is 177. The molecule has 0 aliphatic carbocycles. The van der Waals surface area contributed by atoms with Gasteiger partial charge < -0.3 is 10.2 Å². The Morgan fingerprint density at radius 3 is 2.85 bits per heavy atom. The molecule has 2 atom stereocenters. The molecule has 13 heavy (non-hydrogen) atoms. The van der Waals surface area contributed by atoms with E-state index in [1.165, 1.54) is 19.4 Å². The molecule has 0 aromatic carbocycles. The molecule has 2 unspecified atom stereocenters. The van der Waals surface area contributed by atoms with E-state index < -0.39 is 0 Å². The second-order valence-corrected chi connectivity index (χ2v) is 4.38. The molecule has 1 heterocycles. The summed E-state index contributed by atoms with van der Waals surface area (Å²) in [5.41, 5.74) is 1.09. The minimum absolute atomic E-state index is 0.741. The van der Waals surface area contributed by atoms with Crippen molar-refractivity contribution in [2.75, 3.05) is 20.1 Å². The monoisotopic (exact) mass is 182 g/mol. The van der Waals surface area contributed by atoms with E-state index in [4.69, 9.17) is 0 Å². The minimum atomic E-state index is 0.741. The summed E-state index contributed by atoms with van der Waals surface area (Å²) in [4.78, 5) is 2.44. The molecule has 1 aliphatic heterocycles. The highest BCUT2D eigenvalue weighted by molar-refractivity contribution is 4.87. The SMILES string of the molecule is C=C(C)NCC1CCN(C)C(C)C1. The zero-order valence-corrected chi connectivity index (χ0v) is 9.14. The molecule has 0 aromatic rings. The molecule has 76 valence electrons. The van der Waals surface area contributed by atoms with Crippen LogP contribution in [0.15, 0.2) is 12.3 Å². The topological polar surface area (TPSA) is 15.3 Å². The fraction of sp³-hybridized carbons (Fsp3) is 0.818. The number of hydrogen-bond acceptors (Lipinski definition) is 2. The fourth-order valence-corrected chi connectivity index (χ4v) is 1.89. The van der Waals surface area contributed by atoms with Gasteiger partial charge >= 0.3 is 0 Å². The first kappa shape index (κ1) is 10.6. The molecule has 1 saturated heterocycles.